The number of aldehydes is 1. The van der Waals surface area contributed by atoms with Gasteiger partial charge in [0.2, 0.25) is 0 Å². The summed E-state index contributed by atoms with van der Waals surface area (Å²) in [6.45, 7) is 4.53. The summed E-state index contributed by atoms with van der Waals surface area (Å²) in [6, 6.07) is 0. The summed E-state index contributed by atoms with van der Waals surface area (Å²) >= 11 is 0. The van der Waals surface area contributed by atoms with Crippen molar-refractivity contribution in [3.05, 3.63) is 0 Å². The summed E-state index contributed by atoms with van der Waals surface area (Å²) in [5.74, 6) is 0.357. The van der Waals surface area contributed by atoms with Gasteiger partial charge in [-0.2, -0.15) is 0 Å². The molecule has 4 fully saturated rings. The van der Waals surface area contributed by atoms with E-state index in [1.807, 2.05) is 0 Å². The van der Waals surface area contributed by atoms with Crippen LogP contribution in [0.25, 0.3) is 0 Å². The summed E-state index contributed by atoms with van der Waals surface area (Å²) in [5, 5.41) is 31.0. The molecule has 0 spiro atoms. The maximum Gasteiger partial charge on any atom is 0.303 e. The molecule has 0 aromatic carbocycles. The molecule has 3 N–H and O–H groups in total. The molecule has 0 bridgehead atoms. The Kier molecular flexibility index (Phi) is 4.94. The Morgan fingerprint density at radius 3 is 2.54 bits per heavy atom. The van der Waals surface area contributed by atoms with E-state index in [4.69, 9.17) is 5.11 Å². The van der Waals surface area contributed by atoms with Gasteiger partial charge in [-0.3, -0.25) is 4.79 Å². The standard InChI is InChI=1S/C23H36O5/c1-21-10-9-17-20(16(21)7-6-14(21)4-3-5-19(26)27)18(13-24)23(28)12-15(25)8-11-22(17,23)2/h13-18,20,25,28H,3-12H2,1-2H3,(H,26,27)/t14-,15-,16?,17?,18?,20?,21+,22+,23+/m0/s1. The van der Waals surface area contributed by atoms with Crippen LogP contribution in [-0.4, -0.2) is 39.3 Å². The molecule has 0 aromatic rings. The highest BCUT2D eigenvalue weighted by molar-refractivity contribution is 5.66. The average Bonchev–Trinajstić information content (AvgIpc) is 3.04. The summed E-state index contributed by atoms with van der Waals surface area (Å²) < 4.78 is 0. The van der Waals surface area contributed by atoms with Crippen LogP contribution in [0.15, 0.2) is 0 Å². The molecule has 0 aromatic heterocycles. The minimum absolute atomic E-state index is 0.139. The maximum atomic E-state index is 12.3. The van der Waals surface area contributed by atoms with E-state index in [2.05, 4.69) is 13.8 Å². The van der Waals surface area contributed by atoms with Crippen LogP contribution in [0.4, 0.5) is 0 Å². The second-order valence-corrected chi connectivity index (χ2v) is 10.8. The first-order chi connectivity index (χ1) is 13.2. The minimum Gasteiger partial charge on any atom is -0.481 e. The van der Waals surface area contributed by atoms with Crippen molar-refractivity contribution < 1.29 is 24.9 Å². The molecule has 4 saturated carbocycles. The molecular weight excluding hydrogens is 356 g/mol. The molecule has 4 aliphatic rings. The number of hydrogen-bond acceptors (Lipinski definition) is 4. The van der Waals surface area contributed by atoms with Crippen LogP contribution >= 0.6 is 0 Å². The van der Waals surface area contributed by atoms with Crippen molar-refractivity contribution >= 4 is 12.3 Å². The minimum atomic E-state index is -1.09. The highest BCUT2D eigenvalue weighted by Crippen LogP contribution is 2.72. The number of aliphatic hydroxyl groups excluding tert-OH is 1. The van der Waals surface area contributed by atoms with Crippen LogP contribution in [-0.2, 0) is 9.59 Å². The number of carboxylic acid groups (broad SMARTS) is 1. The van der Waals surface area contributed by atoms with Gasteiger partial charge in [0.15, 0.2) is 0 Å². The lowest BCUT2D eigenvalue weighted by Gasteiger charge is -2.52. The number of rotatable bonds is 5. The lowest BCUT2D eigenvalue weighted by atomic mass is 9.54. The molecular formula is C23H36O5. The molecule has 0 amide bonds. The Labute approximate surface area is 167 Å². The first kappa shape index (κ1) is 20.3. The van der Waals surface area contributed by atoms with Crippen molar-refractivity contribution in [3.8, 4) is 0 Å². The first-order valence-corrected chi connectivity index (χ1v) is 11.2. The zero-order chi connectivity index (χ0) is 20.3. The third-order valence-corrected chi connectivity index (χ3v) is 9.94. The Bertz CT molecular complexity index is 649. The summed E-state index contributed by atoms with van der Waals surface area (Å²) in [6.07, 6.45) is 8.55. The van der Waals surface area contributed by atoms with E-state index < -0.39 is 17.7 Å². The number of carbonyl (C=O) groups is 2. The molecule has 4 rings (SSSR count). The van der Waals surface area contributed by atoms with Crippen molar-refractivity contribution in [2.45, 2.75) is 89.8 Å². The molecule has 0 aliphatic heterocycles. The molecule has 4 unspecified atom stereocenters. The van der Waals surface area contributed by atoms with Gasteiger partial charge in [0, 0.05) is 24.2 Å². The third kappa shape index (κ3) is 2.64. The fraction of sp³-hybridized carbons (Fsp3) is 0.913. The summed E-state index contributed by atoms with van der Waals surface area (Å²) in [7, 11) is 0. The number of hydrogen-bond donors (Lipinski definition) is 3. The number of aliphatic hydroxyl groups is 2. The lowest BCUT2D eigenvalue weighted by molar-refractivity contribution is -0.156. The fourth-order valence-electron chi connectivity index (χ4n) is 8.44. The average molecular weight is 393 g/mol. The molecule has 4 aliphatic carbocycles. The highest BCUT2D eigenvalue weighted by Gasteiger charge is 2.71. The maximum absolute atomic E-state index is 12.3. The Hall–Kier alpha value is -0.940. The lowest BCUT2D eigenvalue weighted by Crippen LogP contribution is -2.54. The van der Waals surface area contributed by atoms with E-state index >= 15 is 0 Å². The smallest absolute Gasteiger partial charge is 0.303 e. The second kappa shape index (κ2) is 6.80. The molecule has 0 heterocycles. The fourth-order valence-corrected chi connectivity index (χ4v) is 8.44. The summed E-state index contributed by atoms with van der Waals surface area (Å²) in [4.78, 5) is 23.2. The van der Waals surface area contributed by atoms with Crippen LogP contribution in [0.5, 0.6) is 0 Å². The van der Waals surface area contributed by atoms with Crippen LogP contribution in [0.1, 0.15) is 78.1 Å². The monoisotopic (exact) mass is 392 g/mol. The van der Waals surface area contributed by atoms with Gasteiger partial charge >= 0.3 is 5.97 Å². The van der Waals surface area contributed by atoms with Crippen LogP contribution < -0.4 is 0 Å². The van der Waals surface area contributed by atoms with E-state index in [1.165, 1.54) is 0 Å². The van der Waals surface area contributed by atoms with E-state index in [9.17, 15) is 19.8 Å². The van der Waals surface area contributed by atoms with E-state index in [1.54, 1.807) is 0 Å². The quantitative estimate of drug-likeness (QED) is 0.623. The number of fused-ring (bicyclic) bond motifs is 5. The van der Waals surface area contributed by atoms with Crippen molar-refractivity contribution in [2.75, 3.05) is 0 Å². The molecule has 28 heavy (non-hydrogen) atoms. The van der Waals surface area contributed by atoms with Crippen LogP contribution in [0.3, 0.4) is 0 Å². The van der Waals surface area contributed by atoms with Gasteiger partial charge in [0.25, 0.3) is 0 Å². The Morgan fingerprint density at radius 2 is 1.86 bits per heavy atom. The van der Waals surface area contributed by atoms with Crippen molar-refractivity contribution in [1.29, 1.82) is 0 Å². The molecule has 0 radical (unpaired) electrons. The zero-order valence-electron chi connectivity index (χ0n) is 17.3. The molecule has 0 saturated heterocycles. The first-order valence-electron chi connectivity index (χ1n) is 11.2. The van der Waals surface area contributed by atoms with Gasteiger partial charge in [-0.1, -0.05) is 13.8 Å². The third-order valence-electron chi connectivity index (χ3n) is 9.94. The molecule has 5 nitrogen and oxygen atoms in total. The van der Waals surface area contributed by atoms with Gasteiger partial charge in [0.05, 0.1) is 11.7 Å². The largest absolute Gasteiger partial charge is 0.481 e. The predicted octanol–water partition coefficient (Wildman–Crippen LogP) is 3.41. The van der Waals surface area contributed by atoms with Crippen LogP contribution in [0.2, 0.25) is 0 Å². The van der Waals surface area contributed by atoms with Gasteiger partial charge in [0.1, 0.15) is 6.29 Å². The molecule has 9 atom stereocenters. The summed E-state index contributed by atoms with van der Waals surface area (Å²) in [5.41, 5.74) is -1.24. The SMILES string of the molecule is C[C@]12CCC3C(C1CC[C@@H]2CCCC(=O)O)C(C=O)[C@]1(O)C[C@@H](O)CC[C@]31C. The van der Waals surface area contributed by atoms with E-state index in [0.29, 0.717) is 30.6 Å². The van der Waals surface area contributed by atoms with Gasteiger partial charge in [-0.15, -0.1) is 0 Å². The number of aliphatic carboxylic acids is 1. The van der Waals surface area contributed by atoms with Crippen molar-refractivity contribution in [1.82, 2.24) is 0 Å². The van der Waals surface area contributed by atoms with E-state index in [-0.39, 0.29) is 29.1 Å². The zero-order valence-corrected chi connectivity index (χ0v) is 17.3. The molecule has 158 valence electrons. The van der Waals surface area contributed by atoms with E-state index in [0.717, 1.165) is 51.2 Å². The Balaban J connectivity index is 1.62. The van der Waals surface area contributed by atoms with Gasteiger partial charge < -0.3 is 20.1 Å². The van der Waals surface area contributed by atoms with Crippen molar-refractivity contribution in [3.63, 3.8) is 0 Å². The topological polar surface area (TPSA) is 94.8 Å². The Morgan fingerprint density at radius 1 is 1.11 bits per heavy atom. The molecule has 5 heteroatoms. The normalized spacial score (nSPS) is 52.6. The predicted molar refractivity (Wildman–Crippen MR) is 104 cm³/mol. The van der Waals surface area contributed by atoms with Crippen molar-refractivity contribution in [2.24, 2.45) is 40.4 Å². The van der Waals surface area contributed by atoms with Crippen LogP contribution in [0, 0.1) is 40.4 Å². The van der Waals surface area contributed by atoms with Gasteiger partial charge in [-0.05, 0) is 80.5 Å². The van der Waals surface area contributed by atoms with Gasteiger partial charge in [-0.25, -0.2) is 0 Å². The number of carbonyl (C=O) groups excluding carboxylic acids is 1. The number of carboxylic acids is 1. The second-order valence-electron chi connectivity index (χ2n) is 10.8. The highest BCUT2D eigenvalue weighted by atomic mass is 16.4.